The van der Waals surface area contributed by atoms with E-state index in [1.54, 1.807) is 6.92 Å². The van der Waals surface area contributed by atoms with Gasteiger partial charge in [0, 0.05) is 11.6 Å². The second-order valence-corrected chi connectivity index (χ2v) is 8.11. The Kier molecular flexibility index (Phi) is 5.01. The number of sulfone groups is 1. The van der Waals surface area contributed by atoms with Gasteiger partial charge in [0.2, 0.25) is 0 Å². The van der Waals surface area contributed by atoms with Crippen LogP contribution in [0.2, 0.25) is 0 Å². The molecule has 0 unspecified atom stereocenters. The zero-order valence-corrected chi connectivity index (χ0v) is 14.7. The van der Waals surface area contributed by atoms with Gasteiger partial charge in [0.25, 0.3) is 5.91 Å². The maximum Gasteiger partial charge on any atom is 0.299 e. The van der Waals surface area contributed by atoms with Crippen molar-refractivity contribution in [1.82, 2.24) is 20.1 Å². The third kappa shape index (κ3) is 3.88. The van der Waals surface area contributed by atoms with Crippen LogP contribution in [0.3, 0.4) is 0 Å². The molecular weight excluding hydrogens is 370 g/mol. The molecule has 0 saturated carbocycles. The van der Waals surface area contributed by atoms with Gasteiger partial charge in [-0.05, 0) is 13.0 Å². The Labute approximate surface area is 148 Å². The highest BCUT2D eigenvalue weighted by Crippen LogP contribution is 2.15. The van der Waals surface area contributed by atoms with Crippen LogP contribution in [-0.4, -0.2) is 59.0 Å². The summed E-state index contributed by atoms with van der Waals surface area (Å²) in [4.78, 5) is 17.7. The molecule has 0 aliphatic carbocycles. The predicted octanol–water partition coefficient (Wildman–Crippen LogP) is 0.715. The van der Waals surface area contributed by atoms with Crippen molar-refractivity contribution in [1.29, 1.82) is 0 Å². The number of carbonyl (C=O) groups excluding carboxylic acids is 1. The number of benzene rings is 1. The minimum Gasteiger partial charge on any atom is -0.270 e. The van der Waals surface area contributed by atoms with Gasteiger partial charge in [-0.2, -0.15) is 0 Å². The molecule has 0 atom stereocenters. The second-order valence-electron chi connectivity index (χ2n) is 5.81. The number of hydrogen-bond acceptors (Lipinski definition) is 6. The SMILES string of the molecule is Cc1c(C(=O)N2CCS(=O)(=O)CCO2)nnn1Cc1ccc(F)cc1F. The van der Waals surface area contributed by atoms with Gasteiger partial charge in [-0.25, -0.2) is 26.9 Å². The van der Waals surface area contributed by atoms with Gasteiger partial charge in [-0.3, -0.25) is 9.63 Å². The van der Waals surface area contributed by atoms with E-state index in [2.05, 4.69) is 10.3 Å². The molecule has 1 aromatic carbocycles. The minimum absolute atomic E-state index is 0.0215. The standard InChI is InChI=1S/C15H16F2N4O4S/c1-10-14(15(22)21-4-6-26(23,24)7-5-25-21)18-19-20(10)9-11-2-3-12(16)8-13(11)17/h2-3,8H,4-7,9H2,1H3. The Morgan fingerprint density at radius 2 is 2.08 bits per heavy atom. The number of halogens is 2. The van der Waals surface area contributed by atoms with Crippen molar-refractivity contribution in [2.24, 2.45) is 0 Å². The average molecular weight is 386 g/mol. The van der Waals surface area contributed by atoms with Gasteiger partial charge in [0.1, 0.15) is 11.6 Å². The summed E-state index contributed by atoms with van der Waals surface area (Å²) < 4.78 is 51.3. The summed E-state index contributed by atoms with van der Waals surface area (Å²) in [5.41, 5.74) is 0.525. The number of nitrogens with zero attached hydrogens (tertiary/aromatic N) is 4. The molecule has 1 amide bonds. The smallest absolute Gasteiger partial charge is 0.270 e. The van der Waals surface area contributed by atoms with Crippen LogP contribution in [0.15, 0.2) is 18.2 Å². The molecule has 140 valence electrons. The third-order valence-electron chi connectivity index (χ3n) is 3.99. The molecule has 11 heteroatoms. The molecule has 26 heavy (non-hydrogen) atoms. The van der Waals surface area contributed by atoms with E-state index < -0.39 is 27.4 Å². The molecule has 0 radical (unpaired) electrons. The molecule has 1 saturated heterocycles. The maximum absolute atomic E-state index is 13.8. The Morgan fingerprint density at radius 1 is 1.31 bits per heavy atom. The normalized spacial score (nSPS) is 17.1. The molecule has 2 aromatic rings. The van der Waals surface area contributed by atoms with E-state index in [1.165, 1.54) is 10.7 Å². The summed E-state index contributed by atoms with van der Waals surface area (Å²) in [6.07, 6.45) is 0. The molecule has 1 fully saturated rings. The number of hydroxylamine groups is 2. The number of aromatic nitrogens is 3. The lowest BCUT2D eigenvalue weighted by atomic mass is 10.2. The molecule has 1 aliphatic rings. The van der Waals surface area contributed by atoms with E-state index in [1.807, 2.05) is 0 Å². The molecule has 1 aliphatic heterocycles. The van der Waals surface area contributed by atoms with E-state index in [0.29, 0.717) is 5.69 Å². The molecule has 0 spiro atoms. The van der Waals surface area contributed by atoms with Gasteiger partial charge in [0.15, 0.2) is 15.5 Å². The number of hydrogen-bond donors (Lipinski definition) is 0. The summed E-state index contributed by atoms with van der Waals surface area (Å²) in [6, 6.07) is 3.18. The predicted molar refractivity (Wildman–Crippen MR) is 85.9 cm³/mol. The first-order valence-electron chi connectivity index (χ1n) is 7.76. The van der Waals surface area contributed by atoms with Crippen LogP contribution in [0.5, 0.6) is 0 Å². The van der Waals surface area contributed by atoms with Crippen molar-refractivity contribution in [3.05, 3.63) is 46.8 Å². The summed E-state index contributed by atoms with van der Waals surface area (Å²) in [7, 11) is -3.25. The first kappa shape index (κ1) is 18.4. The fourth-order valence-corrected chi connectivity index (χ4v) is 3.44. The van der Waals surface area contributed by atoms with E-state index in [4.69, 9.17) is 4.84 Å². The Morgan fingerprint density at radius 3 is 2.81 bits per heavy atom. The molecule has 0 N–H and O–H groups in total. The largest absolute Gasteiger partial charge is 0.299 e. The first-order valence-corrected chi connectivity index (χ1v) is 9.58. The molecule has 3 rings (SSSR count). The van der Waals surface area contributed by atoms with Crippen LogP contribution in [-0.2, 0) is 21.2 Å². The maximum atomic E-state index is 13.8. The molecule has 1 aromatic heterocycles. The summed E-state index contributed by atoms with van der Waals surface area (Å²) in [5, 5.41) is 8.57. The molecule has 2 heterocycles. The average Bonchev–Trinajstić information content (AvgIpc) is 2.82. The topological polar surface area (TPSA) is 94.4 Å². The Hall–Kier alpha value is -2.40. The third-order valence-corrected chi connectivity index (χ3v) is 5.59. The van der Waals surface area contributed by atoms with E-state index in [-0.39, 0.29) is 42.5 Å². The van der Waals surface area contributed by atoms with Crippen molar-refractivity contribution in [2.45, 2.75) is 13.5 Å². The highest BCUT2D eigenvalue weighted by molar-refractivity contribution is 7.91. The first-order chi connectivity index (χ1) is 12.3. The van der Waals surface area contributed by atoms with Crippen LogP contribution in [0, 0.1) is 18.6 Å². The molecule has 0 bridgehead atoms. The van der Waals surface area contributed by atoms with Crippen molar-refractivity contribution < 1.29 is 26.8 Å². The number of amides is 1. The summed E-state index contributed by atoms with van der Waals surface area (Å²) in [6.45, 7) is 1.30. The minimum atomic E-state index is -3.25. The lowest BCUT2D eigenvalue weighted by Crippen LogP contribution is -2.33. The number of carbonyl (C=O) groups is 1. The lowest BCUT2D eigenvalue weighted by molar-refractivity contribution is -0.112. The Balaban J connectivity index is 1.79. The summed E-state index contributed by atoms with van der Waals surface area (Å²) >= 11 is 0. The van der Waals surface area contributed by atoms with Crippen molar-refractivity contribution in [3.8, 4) is 0 Å². The molecular formula is C15H16F2N4O4S. The number of rotatable bonds is 3. The van der Waals surface area contributed by atoms with E-state index >= 15 is 0 Å². The van der Waals surface area contributed by atoms with Crippen LogP contribution < -0.4 is 0 Å². The fourth-order valence-electron chi connectivity index (χ4n) is 2.46. The second kappa shape index (κ2) is 7.08. The van der Waals surface area contributed by atoms with Crippen molar-refractivity contribution >= 4 is 15.7 Å². The fraction of sp³-hybridized carbons (Fsp3) is 0.400. The van der Waals surface area contributed by atoms with Crippen molar-refractivity contribution in [3.63, 3.8) is 0 Å². The molecule has 8 nitrogen and oxygen atoms in total. The lowest BCUT2D eigenvalue weighted by Gasteiger charge is -2.17. The van der Waals surface area contributed by atoms with Crippen LogP contribution in [0.1, 0.15) is 21.7 Å². The van der Waals surface area contributed by atoms with Crippen LogP contribution in [0.25, 0.3) is 0 Å². The monoisotopic (exact) mass is 386 g/mol. The van der Waals surface area contributed by atoms with Gasteiger partial charge in [-0.1, -0.05) is 11.3 Å². The zero-order chi connectivity index (χ0) is 18.9. The van der Waals surface area contributed by atoms with Gasteiger partial charge in [-0.15, -0.1) is 5.10 Å². The Bertz CT molecular complexity index is 945. The van der Waals surface area contributed by atoms with E-state index in [0.717, 1.165) is 17.2 Å². The van der Waals surface area contributed by atoms with Gasteiger partial charge >= 0.3 is 0 Å². The summed E-state index contributed by atoms with van der Waals surface area (Å²) in [5.74, 6) is -2.40. The zero-order valence-electron chi connectivity index (χ0n) is 13.9. The quantitative estimate of drug-likeness (QED) is 0.771. The van der Waals surface area contributed by atoms with Gasteiger partial charge in [0.05, 0.1) is 36.9 Å². The highest BCUT2D eigenvalue weighted by atomic mass is 32.2. The van der Waals surface area contributed by atoms with E-state index in [9.17, 15) is 22.0 Å². The highest BCUT2D eigenvalue weighted by Gasteiger charge is 2.28. The van der Waals surface area contributed by atoms with Crippen molar-refractivity contribution in [2.75, 3.05) is 24.7 Å². The van der Waals surface area contributed by atoms with Crippen LogP contribution in [0.4, 0.5) is 8.78 Å². The van der Waals surface area contributed by atoms with Crippen LogP contribution >= 0.6 is 0 Å². The van der Waals surface area contributed by atoms with Gasteiger partial charge < -0.3 is 0 Å².